The standard InChI is InChI=1S/C7H17N3/c1-6(2)10(5)7(8-3)9(10)4/h6,8H,1-5H3/q+2. The normalized spacial score (nSPS) is 31.4. The van der Waals surface area contributed by atoms with E-state index in [0.29, 0.717) is 6.04 Å². The smallest absolute Gasteiger partial charge is 0.221 e. The van der Waals surface area contributed by atoms with Crippen LogP contribution in [0.15, 0.2) is 0 Å². The second kappa shape index (κ2) is 1.95. The van der Waals surface area contributed by atoms with E-state index in [1.165, 1.54) is 5.96 Å². The lowest BCUT2D eigenvalue weighted by atomic mass is 10.4. The molecule has 0 amide bonds. The molecule has 0 aromatic rings. The SMILES string of the molecule is CNC1=[N+](C)[N+]1(C)C(C)C. The minimum atomic E-state index is 0.632. The predicted molar refractivity (Wildman–Crippen MR) is 41.6 cm³/mol. The van der Waals surface area contributed by atoms with Crippen molar-refractivity contribution in [3.63, 3.8) is 0 Å². The number of guanidine groups is 1. The average molecular weight is 143 g/mol. The zero-order valence-corrected chi connectivity index (χ0v) is 7.47. The van der Waals surface area contributed by atoms with Crippen molar-refractivity contribution in [1.82, 2.24) is 5.32 Å². The number of nitrogens with zero attached hydrogens (tertiary/aromatic N) is 2. The van der Waals surface area contributed by atoms with E-state index in [1.54, 1.807) is 0 Å². The van der Waals surface area contributed by atoms with Gasteiger partial charge in [0.05, 0.1) is 7.05 Å². The summed E-state index contributed by atoms with van der Waals surface area (Å²) >= 11 is 0. The molecule has 0 saturated carbocycles. The Hall–Kier alpha value is -0.570. The largest absolute Gasteiger partial charge is 0.534 e. The van der Waals surface area contributed by atoms with Gasteiger partial charge in [0.2, 0.25) is 0 Å². The van der Waals surface area contributed by atoms with Crippen molar-refractivity contribution in [2.24, 2.45) is 0 Å². The van der Waals surface area contributed by atoms with E-state index >= 15 is 0 Å². The lowest BCUT2D eigenvalue weighted by Gasteiger charge is -2.10. The Labute approximate surface area is 62.5 Å². The number of quaternary nitrogens is 1. The minimum absolute atomic E-state index is 0.632. The molecular formula is C7H17N3+2. The number of hydrogen-bond acceptors (Lipinski definition) is 1. The molecular weight excluding hydrogens is 126 g/mol. The van der Waals surface area contributed by atoms with Crippen LogP contribution >= 0.6 is 0 Å². The first-order valence-corrected chi connectivity index (χ1v) is 3.70. The maximum absolute atomic E-state index is 3.18. The van der Waals surface area contributed by atoms with E-state index in [9.17, 15) is 0 Å². The number of hydrogen-bond donors (Lipinski definition) is 1. The van der Waals surface area contributed by atoms with Crippen molar-refractivity contribution >= 4 is 5.96 Å². The third-order valence-electron chi connectivity index (χ3n) is 2.55. The van der Waals surface area contributed by atoms with E-state index in [4.69, 9.17) is 0 Å². The van der Waals surface area contributed by atoms with Gasteiger partial charge >= 0.3 is 5.96 Å². The van der Waals surface area contributed by atoms with Gasteiger partial charge in [-0.2, -0.15) is 0 Å². The first-order valence-electron chi connectivity index (χ1n) is 3.70. The van der Waals surface area contributed by atoms with Gasteiger partial charge in [-0.3, -0.25) is 0 Å². The Morgan fingerprint density at radius 3 is 2.10 bits per heavy atom. The maximum atomic E-state index is 3.18. The summed E-state index contributed by atoms with van der Waals surface area (Å²) in [5.41, 5.74) is 0. The fraction of sp³-hybridized carbons (Fsp3) is 0.857. The van der Waals surface area contributed by atoms with Crippen LogP contribution in [0.5, 0.6) is 0 Å². The molecule has 1 aliphatic heterocycles. The molecule has 0 aromatic carbocycles. The molecule has 1 aliphatic rings. The molecule has 0 aromatic heterocycles. The van der Waals surface area contributed by atoms with Crippen LogP contribution < -0.4 is 5.32 Å². The third kappa shape index (κ3) is 0.669. The summed E-state index contributed by atoms with van der Waals surface area (Å²) < 4.78 is 3.17. The van der Waals surface area contributed by atoms with Crippen LogP contribution in [-0.2, 0) is 0 Å². The fourth-order valence-electron chi connectivity index (χ4n) is 1.41. The molecule has 1 unspecified atom stereocenters. The van der Waals surface area contributed by atoms with Crippen LogP contribution in [0.3, 0.4) is 0 Å². The molecule has 0 spiro atoms. The molecule has 10 heavy (non-hydrogen) atoms. The lowest BCUT2D eigenvalue weighted by Crippen LogP contribution is -2.41. The zero-order chi connectivity index (χ0) is 7.94. The molecule has 0 bridgehead atoms. The van der Waals surface area contributed by atoms with E-state index in [0.717, 1.165) is 4.59 Å². The van der Waals surface area contributed by atoms with Crippen LogP contribution in [0.2, 0.25) is 0 Å². The van der Waals surface area contributed by atoms with Crippen LogP contribution in [0, 0.1) is 0 Å². The molecule has 1 N–H and O–H groups in total. The van der Waals surface area contributed by atoms with Crippen LogP contribution in [-0.4, -0.2) is 42.4 Å². The van der Waals surface area contributed by atoms with Gasteiger partial charge in [-0.05, 0) is 23.1 Å². The molecule has 0 aliphatic carbocycles. The Bertz CT molecular complexity index is 183. The van der Waals surface area contributed by atoms with Crippen LogP contribution in [0.4, 0.5) is 0 Å². The minimum Gasteiger partial charge on any atom is -0.221 e. The first kappa shape index (κ1) is 7.54. The van der Waals surface area contributed by atoms with Crippen LogP contribution in [0.25, 0.3) is 0 Å². The molecule has 0 radical (unpaired) electrons. The van der Waals surface area contributed by atoms with Gasteiger partial charge in [0.25, 0.3) is 0 Å². The Morgan fingerprint density at radius 2 is 2.00 bits per heavy atom. The predicted octanol–water partition coefficient (Wildman–Crippen LogP) is -0.0123. The summed E-state index contributed by atoms with van der Waals surface area (Å²) in [5, 5.41) is 3.18. The highest BCUT2D eigenvalue weighted by atomic mass is 15.9. The highest BCUT2D eigenvalue weighted by Gasteiger charge is 2.61. The van der Waals surface area contributed by atoms with Gasteiger partial charge in [0.15, 0.2) is 0 Å². The van der Waals surface area contributed by atoms with E-state index in [2.05, 4.69) is 37.9 Å². The van der Waals surface area contributed by atoms with E-state index < -0.39 is 0 Å². The molecule has 0 fully saturated rings. The highest BCUT2D eigenvalue weighted by molar-refractivity contribution is 5.71. The summed E-state index contributed by atoms with van der Waals surface area (Å²) in [6, 6.07) is 0.632. The Kier molecular flexibility index (Phi) is 1.47. The molecule has 58 valence electrons. The topological polar surface area (TPSA) is 15.0 Å². The van der Waals surface area contributed by atoms with Gasteiger partial charge in [0, 0.05) is 0 Å². The molecule has 0 saturated heterocycles. The summed E-state index contributed by atoms with van der Waals surface area (Å²) in [4.78, 5) is 0. The Morgan fingerprint density at radius 1 is 1.50 bits per heavy atom. The van der Waals surface area contributed by atoms with Crippen molar-refractivity contribution in [3.05, 3.63) is 0 Å². The van der Waals surface area contributed by atoms with Gasteiger partial charge in [-0.1, -0.05) is 0 Å². The number of rotatable bonds is 1. The van der Waals surface area contributed by atoms with E-state index in [-0.39, 0.29) is 0 Å². The number of nitrogens with one attached hydrogen (secondary N) is 1. The summed E-state index contributed by atoms with van der Waals surface area (Å²) in [6.45, 7) is 4.45. The van der Waals surface area contributed by atoms with Crippen molar-refractivity contribution in [2.45, 2.75) is 19.9 Å². The maximum Gasteiger partial charge on any atom is 0.534 e. The van der Waals surface area contributed by atoms with Gasteiger partial charge in [-0.25, -0.2) is 5.32 Å². The molecule has 1 rings (SSSR count). The van der Waals surface area contributed by atoms with Crippen LogP contribution in [0.1, 0.15) is 13.8 Å². The first-order chi connectivity index (χ1) is 4.55. The molecule has 3 heteroatoms. The Balaban J connectivity index is 2.66. The monoisotopic (exact) mass is 143 g/mol. The van der Waals surface area contributed by atoms with Gasteiger partial charge < -0.3 is 0 Å². The quantitative estimate of drug-likeness (QED) is 0.403. The summed E-state index contributed by atoms with van der Waals surface area (Å²) in [6.07, 6.45) is 0. The van der Waals surface area contributed by atoms with Gasteiger partial charge in [-0.15, -0.1) is 0 Å². The van der Waals surface area contributed by atoms with Crippen molar-refractivity contribution in [2.75, 3.05) is 21.1 Å². The molecule has 1 atom stereocenters. The summed E-state index contributed by atoms with van der Waals surface area (Å²) in [7, 11) is 6.28. The second-order valence-electron chi connectivity index (χ2n) is 3.22. The van der Waals surface area contributed by atoms with Gasteiger partial charge in [0.1, 0.15) is 20.1 Å². The average Bonchev–Trinajstić information content (AvgIpc) is 2.38. The third-order valence-corrected chi connectivity index (χ3v) is 2.55. The van der Waals surface area contributed by atoms with Crippen molar-refractivity contribution < 1.29 is 9.28 Å². The fourth-order valence-corrected chi connectivity index (χ4v) is 1.41. The second-order valence-corrected chi connectivity index (χ2v) is 3.22. The molecule has 3 nitrogen and oxygen atoms in total. The molecule has 1 heterocycles. The highest BCUT2D eigenvalue weighted by Crippen LogP contribution is 2.21. The zero-order valence-electron chi connectivity index (χ0n) is 7.47. The summed E-state index contributed by atoms with van der Waals surface area (Å²) in [5.74, 6) is 1.30. The van der Waals surface area contributed by atoms with Crippen molar-refractivity contribution in [3.8, 4) is 0 Å². The van der Waals surface area contributed by atoms with Crippen molar-refractivity contribution in [1.29, 1.82) is 0 Å². The lowest BCUT2D eigenvalue weighted by molar-refractivity contribution is -1.17. The van der Waals surface area contributed by atoms with E-state index in [1.807, 2.05) is 7.05 Å².